The van der Waals surface area contributed by atoms with E-state index in [1.165, 1.54) is 32.1 Å². The summed E-state index contributed by atoms with van der Waals surface area (Å²) >= 11 is 0. The number of rotatable bonds is 2. The van der Waals surface area contributed by atoms with Crippen molar-refractivity contribution in [1.29, 1.82) is 0 Å². The summed E-state index contributed by atoms with van der Waals surface area (Å²) in [5.41, 5.74) is 6.88. The number of hydrogen-bond donors (Lipinski definition) is 1. The minimum Gasteiger partial charge on any atom is -0.325 e. The molecule has 0 radical (unpaired) electrons. The van der Waals surface area contributed by atoms with Crippen molar-refractivity contribution in [3.63, 3.8) is 0 Å². The SMILES string of the molecule is CC(C)(C1CCC1)C1(N)CC1. The fraction of sp³-hybridized carbons (Fsp3) is 1.00. The maximum atomic E-state index is 6.23. The summed E-state index contributed by atoms with van der Waals surface area (Å²) in [4.78, 5) is 0. The minimum atomic E-state index is 0.220. The van der Waals surface area contributed by atoms with E-state index in [2.05, 4.69) is 13.8 Å². The first kappa shape index (κ1) is 7.60. The maximum Gasteiger partial charge on any atom is 0.0210 e. The van der Waals surface area contributed by atoms with Crippen molar-refractivity contribution in [2.45, 2.75) is 51.5 Å². The molecular formula is C10H19N. The summed E-state index contributed by atoms with van der Waals surface area (Å²) in [7, 11) is 0. The summed E-state index contributed by atoms with van der Waals surface area (Å²) in [6.07, 6.45) is 6.80. The molecule has 1 heteroatoms. The van der Waals surface area contributed by atoms with E-state index in [1.54, 1.807) is 0 Å². The molecule has 0 amide bonds. The zero-order valence-corrected chi connectivity index (χ0v) is 7.69. The lowest BCUT2D eigenvalue weighted by atomic mass is 9.63. The van der Waals surface area contributed by atoms with E-state index in [0.29, 0.717) is 5.41 Å². The van der Waals surface area contributed by atoms with Gasteiger partial charge in [-0.1, -0.05) is 20.3 Å². The van der Waals surface area contributed by atoms with Crippen molar-refractivity contribution in [1.82, 2.24) is 0 Å². The van der Waals surface area contributed by atoms with Crippen LogP contribution in [0.3, 0.4) is 0 Å². The van der Waals surface area contributed by atoms with Crippen LogP contribution in [0.1, 0.15) is 46.0 Å². The summed E-state index contributed by atoms with van der Waals surface area (Å²) in [5, 5.41) is 0. The van der Waals surface area contributed by atoms with Gasteiger partial charge >= 0.3 is 0 Å². The summed E-state index contributed by atoms with van der Waals surface area (Å²) in [6, 6.07) is 0. The Hall–Kier alpha value is -0.0400. The molecule has 2 saturated carbocycles. The molecule has 0 unspecified atom stereocenters. The summed E-state index contributed by atoms with van der Waals surface area (Å²) in [6.45, 7) is 4.73. The lowest BCUT2D eigenvalue weighted by Crippen LogP contribution is -2.47. The molecule has 2 N–H and O–H groups in total. The van der Waals surface area contributed by atoms with Crippen LogP contribution < -0.4 is 5.73 Å². The molecule has 0 aromatic rings. The molecule has 0 aromatic carbocycles. The highest BCUT2D eigenvalue weighted by Crippen LogP contribution is 2.56. The smallest absolute Gasteiger partial charge is 0.0210 e. The van der Waals surface area contributed by atoms with Gasteiger partial charge in [-0.3, -0.25) is 0 Å². The first-order valence-corrected chi connectivity index (χ1v) is 4.85. The molecule has 2 rings (SSSR count). The topological polar surface area (TPSA) is 26.0 Å². The molecule has 11 heavy (non-hydrogen) atoms. The molecule has 2 aliphatic carbocycles. The first-order valence-electron chi connectivity index (χ1n) is 4.85. The van der Waals surface area contributed by atoms with Crippen molar-refractivity contribution in [2.75, 3.05) is 0 Å². The fourth-order valence-electron chi connectivity index (χ4n) is 2.32. The van der Waals surface area contributed by atoms with E-state index in [4.69, 9.17) is 5.73 Å². The highest BCUT2D eigenvalue weighted by molar-refractivity contribution is 5.11. The average molecular weight is 153 g/mol. The largest absolute Gasteiger partial charge is 0.325 e. The van der Waals surface area contributed by atoms with Gasteiger partial charge in [-0.15, -0.1) is 0 Å². The van der Waals surface area contributed by atoms with Crippen LogP contribution >= 0.6 is 0 Å². The Bertz CT molecular complexity index is 164. The van der Waals surface area contributed by atoms with Crippen LogP contribution in [0, 0.1) is 11.3 Å². The second kappa shape index (κ2) is 2.01. The molecule has 64 valence electrons. The van der Waals surface area contributed by atoms with Crippen molar-refractivity contribution in [2.24, 2.45) is 17.1 Å². The van der Waals surface area contributed by atoms with E-state index in [-0.39, 0.29) is 5.54 Å². The third-order valence-corrected chi connectivity index (χ3v) is 4.20. The molecule has 0 aliphatic heterocycles. The van der Waals surface area contributed by atoms with Gasteiger partial charge in [0.2, 0.25) is 0 Å². The van der Waals surface area contributed by atoms with Crippen molar-refractivity contribution < 1.29 is 0 Å². The van der Waals surface area contributed by atoms with Crippen molar-refractivity contribution in [3.8, 4) is 0 Å². The van der Waals surface area contributed by atoms with Gasteiger partial charge in [-0.05, 0) is 37.0 Å². The van der Waals surface area contributed by atoms with Gasteiger partial charge in [0.25, 0.3) is 0 Å². The van der Waals surface area contributed by atoms with Gasteiger partial charge < -0.3 is 5.73 Å². The van der Waals surface area contributed by atoms with E-state index in [1.807, 2.05) is 0 Å². The van der Waals surface area contributed by atoms with Gasteiger partial charge in [-0.25, -0.2) is 0 Å². The molecule has 0 spiro atoms. The summed E-state index contributed by atoms with van der Waals surface area (Å²) < 4.78 is 0. The highest BCUT2D eigenvalue weighted by atomic mass is 14.9. The molecule has 0 saturated heterocycles. The Kier molecular flexibility index (Phi) is 1.39. The van der Waals surface area contributed by atoms with Gasteiger partial charge in [-0.2, -0.15) is 0 Å². The molecule has 0 bridgehead atoms. The Labute approximate surface area is 69.4 Å². The van der Waals surface area contributed by atoms with Crippen LogP contribution in [0.4, 0.5) is 0 Å². The van der Waals surface area contributed by atoms with Gasteiger partial charge in [0.1, 0.15) is 0 Å². The Morgan fingerprint density at radius 3 is 2.09 bits per heavy atom. The normalized spacial score (nSPS) is 29.7. The van der Waals surface area contributed by atoms with Crippen LogP contribution in [-0.2, 0) is 0 Å². The lowest BCUT2D eigenvalue weighted by molar-refractivity contribution is 0.0808. The molecule has 0 heterocycles. The number of hydrogen-bond acceptors (Lipinski definition) is 1. The fourth-order valence-corrected chi connectivity index (χ4v) is 2.32. The standard InChI is InChI=1S/C10H19N/c1-9(2,8-4-3-5-8)10(11)6-7-10/h8H,3-7,11H2,1-2H3. The Balaban J connectivity index is 2.07. The molecular weight excluding hydrogens is 134 g/mol. The van der Waals surface area contributed by atoms with E-state index in [0.717, 1.165) is 5.92 Å². The average Bonchev–Trinajstić information content (AvgIpc) is 2.41. The second-order valence-electron chi connectivity index (χ2n) is 5.01. The monoisotopic (exact) mass is 153 g/mol. The molecule has 0 atom stereocenters. The lowest BCUT2D eigenvalue weighted by Gasteiger charge is -2.44. The van der Waals surface area contributed by atoms with E-state index in [9.17, 15) is 0 Å². The van der Waals surface area contributed by atoms with Crippen LogP contribution in [0.2, 0.25) is 0 Å². The Morgan fingerprint density at radius 2 is 1.82 bits per heavy atom. The van der Waals surface area contributed by atoms with Crippen LogP contribution in [0.5, 0.6) is 0 Å². The van der Waals surface area contributed by atoms with Crippen molar-refractivity contribution >= 4 is 0 Å². The molecule has 0 aromatic heterocycles. The molecule has 1 nitrogen and oxygen atoms in total. The predicted octanol–water partition coefficient (Wildman–Crippen LogP) is 2.30. The van der Waals surface area contributed by atoms with Crippen LogP contribution in [-0.4, -0.2) is 5.54 Å². The highest BCUT2D eigenvalue weighted by Gasteiger charge is 2.55. The predicted molar refractivity (Wildman–Crippen MR) is 47.3 cm³/mol. The van der Waals surface area contributed by atoms with Crippen LogP contribution in [0.15, 0.2) is 0 Å². The van der Waals surface area contributed by atoms with E-state index < -0.39 is 0 Å². The second-order valence-corrected chi connectivity index (χ2v) is 5.01. The summed E-state index contributed by atoms with van der Waals surface area (Å²) in [5.74, 6) is 0.926. The minimum absolute atomic E-state index is 0.220. The quantitative estimate of drug-likeness (QED) is 0.647. The first-order chi connectivity index (χ1) is 5.06. The van der Waals surface area contributed by atoms with Gasteiger partial charge in [0, 0.05) is 5.54 Å². The third kappa shape index (κ3) is 0.936. The third-order valence-electron chi connectivity index (χ3n) is 4.20. The van der Waals surface area contributed by atoms with E-state index >= 15 is 0 Å². The van der Waals surface area contributed by atoms with Crippen LogP contribution in [0.25, 0.3) is 0 Å². The zero-order valence-electron chi connectivity index (χ0n) is 7.69. The van der Waals surface area contributed by atoms with Gasteiger partial charge in [0.15, 0.2) is 0 Å². The maximum absolute atomic E-state index is 6.23. The molecule has 2 fully saturated rings. The van der Waals surface area contributed by atoms with Crippen molar-refractivity contribution in [3.05, 3.63) is 0 Å². The number of nitrogens with two attached hydrogens (primary N) is 1. The Morgan fingerprint density at radius 1 is 1.27 bits per heavy atom. The van der Waals surface area contributed by atoms with Gasteiger partial charge in [0.05, 0.1) is 0 Å². The zero-order chi connectivity index (χ0) is 8.11. The molecule has 2 aliphatic rings.